The lowest BCUT2D eigenvalue weighted by atomic mass is 10.1. The third-order valence-corrected chi connectivity index (χ3v) is 3.05. The zero-order valence-corrected chi connectivity index (χ0v) is 11.6. The van der Waals surface area contributed by atoms with Crippen molar-refractivity contribution in [3.05, 3.63) is 58.1 Å². The first-order valence-electron chi connectivity index (χ1n) is 5.58. The molecule has 19 heavy (non-hydrogen) atoms. The molecule has 100 valence electrons. The minimum absolute atomic E-state index is 0.0631. The van der Waals surface area contributed by atoms with E-state index in [-0.39, 0.29) is 11.5 Å². The summed E-state index contributed by atoms with van der Waals surface area (Å²) in [7, 11) is 0. The van der Waals surface area contributed by atoms with Crippen LogP contribution in [0.3, 0.4) is 0 Å². The average Bonchev–Trinajstić information content (AvgIpc) is 2.34. The highest BCUT2D eigenvalue weighted by Crippen LogP contribution is 2.29. The van der Waals surface area contributed by atoms with Gasteiger partial charge in [-0.2, -0.15) is 0 Å². The number of halogens is 3. The average molecular weight is 329 g/mol. The Morgan fingerprint density at radius 2 is 1.63 bits per heavy atom. The van der Waals surface area contributed by atoms with E-state index in [1.165, 1.54) is 31.2 Å². The van der Waals surface area contributed by atoms with Gasteiger partial charge in [-0.1, -0.05) is 22.0 Å². The zero-order chi connectivity index (χ0) is 14.0. The molecule has 0 fully saturated rings. The van der Waals surface area contributed by atoms with Crippen LogP contribution in [0.1, 0.15) is 18.6 Å². The van der Waals surface area contributed by atoms with Gasteiger partial charge in [-0.05, 0) is 42.8 Å². The van der Waals surface area contributed by atoms with E-state index in [1.807, 2.05) is 0 Å². The molecule has 0 heterocycles. The van der Waals surface area contributed by atoms with Crippen LogP contribution in [-0.2, 0) is 0 Å². The van der Waals surface area contributed by atoms with Crippen LogP contribution in [0.4, 0.5) is 8.78 Å². The molecule has 0 radical (unpaired) electrons. The van der Waals surface area contributed by atoms with E-state index in [9.17, 15) is 13.9 Å². The van der Waals surface area contributed by atoms with Gasteiger partial charge in [0.2, 0.25) is 0 Å². The quantitative estimate of drug-likeness (QED) is 0.894. The topological polar surface area (TPSA) is 29.5 Å². The predicted octanol–water partition coefficient (Wildman–Crippen LogP) is 4.57. The molecule has 0 aliphatic heterocycles. The fourth-order valence-corrected chi connectivity index (χ4v) is 1.87. The fourth-order valence-electron chi connectivity index (χ4n) is 1.54. The van der Waals surface area contributed by atoms with Crippen molar-refractivity contribution in [1.29, 1.82) is 0 Å². The Hall–Kier alpha value is -1.46. The molecule has 5 heteroatoms. The molecule has 2 nitrogen and oxygen atoms in total. The third kappa shape index (κ3) is 3.30. The third-order valence-electron chi connectivity index (χ3n) is 2.55. The minimum Gasteiger partial charge on any atom is -0.451 e. The number of aliphatic hydroxyl groups is 1. The van der Waals surface area contributed by atoms with Gasteiger partial charge in [0.15, 0.2) is 23.1 Å². The first kappa shape index (κ1) is 14.0. The van der Waals surface area contributed by atoms with Crippen molar-refractivity contribution in [2.45, 2.75) is 13.0 Å². The second-order valence-electron chi connectivity index (χ2n) is 4.04. The molecule has 0 saturated carbocycles. The Balaban J connectivity index is 2.28. The van der Waals surface area contributed by atoms with Gasteiger partial charge in [0.1, 0.15) is 0 Å². The lowest BCUT2D eigenvalue weighted by Crippen LogP contribution is -1.95. The second-order valence-corrected chi connectivity index (χ2v) is 4.96. The highest BCUT2D eigenvalue weighted by atomic mass is 79.9. The maximum Gasteiger partial charge on any atom is 0.166 e. The van der Waals surface area contributed by atoms with E-state index in [1.54, 1.807) is 6.07 Å². The first-order valence-corrected chi connectivity index (χ1v) is 6.37. The van der Waals surface area contributed by atoms with Crippen LogP contribution in [0, 0.1) is 11.6 Å². The van der Waals surface area contributed by atoms with Crippen molar-refractivity contribution < 1.29 is 18.6 Å². The Morgan fingerprint density at radius 1 is 1.05 bits per heavy atom. The summed E-state index contributed by atoms with van der Waals surface area (Å²) >= 11 is 3.12. The molecular formula is C14H11BrF2O2. The van der Waals surface area contributed by atoms with Crippen molar-refractivity contribution >= 4 is 15.9 Å². The number of hydrogen-bond donors (Lipinski definition) is 1. The van der Waals surface area contributed by atoms with Crippen molar-refractivity contribution in [3.8, 4) is 11.5 Å². The Morgan fingerprint density at radius 3 is 2.16 bits per heavy atom. The van der Waals surface area contributed by atoms with E-state index in [0.29, 0.717) is 10.0 Å². The number of aliphatic hydroxyl groups excluding tert-OH is 1. The maximum atomic E-state index is 13.7. The largest absolute Gasteiger partial charge is 0.451 e. The van der Waals surface area contributed by atoms with Crippen LogP contribution in [0.15, 0.2) is 40.9 Å². The summed E-state index contributed by atoms with van der Waals surface area (Å²) in [6, 6.07) is 8.29. The number of rotatable bonds is 3. The van der Waals surface area contributed by atoms with Crippen LogP contribution in [0.5, 0.6) is 11.5 Å². The van der Waals surface area contributed by atoms with Gasteiger partial charge in [0, 0.05) is 4.47 Å². The summed E-state index contributed by atoms with van der Waals surface area (Å²) in [5, 5.41) is 9.33. The van der Waals surface area contributed by atoms with Crippen molar-refractivity contribution in [2.75, 3.05) is 0 Å². The summed E-state index contributed by atoms with van der Waals surface area (Å²) in [5.74, 6) is -1.40. The van der Waals surface area contributed by atoms with Crippen LogP contribution < -0.4 is 4.74 Å². The molecule has 0 aliphatic rings. The molecule has 1 N–H and O–H groups in total. The van der Waals surface area contributed by atoms with E-state index in [2.05, 4.69) is 15.9 Å². The normalized spacial score (nSPS) is 12.3. The monoisotopic (exact) mass is 328 g/mol. The molecule has 2 aromatic rings. The molecule has 0 amide bonds. The molecule has 1 atom stereocenters. The van der Waals surface area contributed by atoms with Crippen molar-refractivity contribution in [1.82, 2.24) is 0 Å². The van der Waals surface area contributed by atoms with Gasteiger partial charge in [0.05, 0.1) is 6.10 Å². The molecule has 2 aromatic carbocycles. The van der Waals surface area contributed by atoms with E-state index in [4.69, 9.17) is 4.74 Å². The van der Waals surface area contributed by atoms with E-state index in [0.717, 1.165) is 6.07 Å². The van der Waals surface area contributed by atoms with Crippen LogP contribution in [0.25, 0.3) is 0 Å². The summed E-state index contributed by atoms with van der Waals surface area (Å²) in [6.45, 7) is 1.53. The minimum atomic E-state index is -0.770. The van der Waals surface area contributed by atoms with Gasteiger partial charge in [-0.3, -0.25) is 0 Å². The molecule has 0 bridgehead atoms. The summed E-state index contributed by atoms with van der Waals surface area (Å²) in [6.07, 6.45) is -0.770. The molecule has 0 aliphatic carbocycles. The van der Waals surface area contributed by atoms with Crippen LogP contribution in [-0.4, -0.2) is 5.11 Å². The fraction of sp³-hybridized carbons (Fsp3) is 0.143. The zero-order valence-electron chi connectivity index (χ0n) is 10.0. The van der Waals surface area contributed by atoms with Gasteiger partial charge >= 0.3 is 0 Å². The van der Waals surface area contributed by atoms with E-state index < -0.39 is 17.7 Å². The van der Waals surface area contributed by atoms with Crippen molar-refractivity contribution in [2.24, 2.45) is 0 Å². The molecule has 0 aromatic heterocycles. The smallest absolute Gasteiger partial charge is 0.166 e. The first-order chi connectivity index (χ1) is 8.97. The maximum absolute atomic E-state index is 13.7. The molecule has 0 saturated heterocycles. The predicted molar refractivity (Wildman–Crippen MR) is 71.2 cm³/mol. The second kappa shape index (κ2) is 5.67. The standard InChI is InChI=1S/C14H11BrF2O2/c1-8(18)9-2-4-13(11(16)6-9)19-14-5-3-10(15)7-12(14)17/h2-8,18H,1H3/t8-/m0/s1. The van der Waals surface area contributed by atoms with E-state index >= 15 is 0 Å². The van der Waals surface area contributed by atoms with Crippen LogP contribution >= 0.6 is 15.9 Å². The van der Waals surface area contributed by atoms with Gasteiger partial charge < -0.3 is 9.84 Å². The highest BCUT2D eigenvalue weighted by molar-refractivity contribution is 9.10. The Kier molecular flexibility index (Phi) is 4.17. The molecule has 0 spiro atoms. The van der Waals surface area contributed by atoms with Crippen molar-refractivity contribution in [3.63, 3.8) is 0 Å². The molecule has 0 unspecified atom stereocenters. The molecule has 2 rings (SSSR count). The SMILES string of the molecule is C[C@H](O)c1ccc(Oc2ccc(Br)cc2F)c(F)c1. The Bertz CT molecular complexity index is 600. The lowest BCUT2D eigenvalue weighted by molar-refractivity contribution is 0.198. The van der Waals surface area contributed by atoms with Gasteiger partial charge in [-0.25, -0.2) is 8.78 Å². The van der Waals surface area contributed by atoms with Gasteiger partial charge in [0.25, 0.3) is 0 Å². The summed E-state index contributed by atoms with van der Waals surface area (Å²) < 4.78 is 33.0. The van der Waals surface area contributed by atoms with Crippen LogP contribution in [0.2, 0.25) is 0 Å². The summed E-state index contributed by atoms with van der Waals surface area (Å²) in [5.41, 5.74) is 0.432. The number of ether oxygens (including phenoxy) is 1. The molecular weight excluding hydrogens is 318 g/mol. The summed E-state index contributed by atoms with van der Waals surface area (Å²) in [4.78, 5) is 0. The highest BCUT2D eigenvalue weighted by Gasteiger charge is 2.11. The Labute approximate surface area is 117 Å². The lowest BCUT2D eigenvalue weighted by Gasteiger charge is -2.10. The van der Waals surface area contributed by atoms with Gasteiger partial charge in [-0.15, -0.1) is 0 Å². The number of benzene rings is 2. The number of hydrogen-bond acceptors (Lipinski definition) is 2.